The SMILES string of the molecule is O[C@@]1(c2ccc(-c3cccnc3)cc2)CN2CCC1CC2. The minimum atomic E-state index is -0.663. The van der Waals surface area contributed by atoms with Gasteiger partial charge in [0, 0.05) is 18.9 Å². The van der Waals surface area contributed by atoms with Crippen molar-refractivity contribution in [2.45, 2.75) is 18.4 Å². The van der Waals surface area contributed by atoms with Gasteiger partial charge >= 0.3 is 0 Å². The van der Waals surface area contributed by atoms with E-state index in [1.807, 2.05) is 12.3 Å². The molecule has 3 aliphatic rings. The second kappa shape index (κ2) is 4.93. The first-order valence-corrected chi connectivity index (χ1v) is 7.71. The van der Waals surface area contributed by atoms with Crippen molar-refractivity contribution in [1.82, 2.24) is 9.88 Å². The van der Waals surface area contributed by atoms with Crippen LogP contribution in [0, 0.1) is 5.92 Å². The maximum atomic E-state index is 11.1. The second-order valence-electron chi connectivity index (χ2n) is 6.29. The average Bonchev–Trinajstić information content (AvgIpc) is 2.57. The van der Waals surface area contributed by atoms with Gasteiger partial charge in [0.1, 0.15) is 5.60 Å². The summed E-state index contributed by atoms with van der Waals surface area (Å²) >= 11 is 0. The number of piperidine rings is 3. The summed E-state index contributed by atoms with van der Waals surface area (Å²) in [5.74, 6) is 0.409. The van der Waals surface area contributed by atoms with E-state index >= 15 is 0 Å². The molecule has 21 heavy (non-hydrogen) atoms. The monoisotopic (exact) mass is 280 g/mol. The summed E-state index contributed by atoms with van der Waals surface area (Å²) in [6.07, 6.45) is 5.88. The molecular weight excluding hydrogens is 260 g/mol. The van der Waals surface area contributed by atoms with E-state index in [0.29, 0.717) is 5.92 Å². The van der Waals surface area contributed by atoms with Gasteiger partial charge in [-0.3, -0.25) is 4.98 Å². The lowest BCUT2D eigenvalue weighted by Crippen LogP contribution is -2.57. The van der Waals surface area contributed by atoms with Crippen LogP contribution in [0.4, 0.5) is 0 Å². The Hall–Kier alpha value is -1.71. The van der Waals surface area contributed by atoms with Crippen LogP contribution in [0.1, 0.15) is 18.4 Å². The number of aliphatic hydroxyl groups is 1. The fraction of sp³-hybridized carbons (Fsp3) is 0.389. The number of benzene rings is 1. The number of nitrogens with zero attached hydrogens (tertiary/aromatic N) is 2. The van der Waals surface area contributed by atoms with E-state index < -0.39 is 5.60 Å². The number of fused-ring (bicyclic) bond motifs is 3. The quantitative estimate of drug-likeness (QED) is 0.919. The third kappa shape index (κ3) is 2.17. The van der Waals surface area contributed by atoms with Crippen LogP contribution in [0.25, 0.3) is 11.1 Å². The highest BCUT2D eigenvalue weighted by atomic mass is 16.3. The van der Waals surface area contributed by atoms with Crippen molar-refractivity contribution in [2.24, 2.45) is 5.92 Å². The van der Waals surface area contributed by atoms with Crippen LogP contribution in [0.5, 0.6) is 0 Å². The normalized spacial score (nSPS) is 31.3. The highest BCUT2D eigenvalue weighted by Gasteiger charge is 2.46. The molecule has 5 rings (SSSR count). The van der Waals surface area contributed by atoms with Gasteiger partial charge in [0.05, 0.1) is 0 Å². The van der Waals surface area contributed by atoms with Crippen molar-refractivity contribution >= 4 is 0 Å². The summed E-state index contributed by atoms with van der Waals surface area (Å²) in [5.41, 5.74) is 2.66. The van der Waals surface area contributed by atoms with Crippen molar-refractivity contribution < 1.29 is 5.11 Å². The predicted molar refractivity (Wildman–Crippen MR) is 82.7 cm³/mol. The second-order valence-corrected chi connectivity index (χ2v) is 6.29. The van der Waals surface area contributed by atoms with Gasteiger partial charge in [-0.2, -0.15) is 0 Å². The molecule has 0 radical (unpaired) electrons. The summed E-state index contributed by atoms with van der Waals surface area (Å²) in [6.45, 7) is 3.06. The van der Waals surface area contributed by atoms with E-state index in [9.17, 15) is 5.11 Å². The maximum absolute atomic E-state index is 11.1. The Labute approximate surface area is 125 Å². The van der Waals surface area contributed by atoms with Gasteiger partial charge in [0.2, 0.25) is 0 Å². The molecule has 1 aromatic carbocycles. The first-order chi connectivity index (χ1) is 10.3. The summed E-state index contributed by atoms with van der Waals surface area (Å²) in [4.78, 5) is 6.55. The van der Waals surface area contributed by atoms with Crippen LogP contribution < -0.4 is 0 Å². The smallest absolute Gasteiger partial charge is 0.105 e. The molecule has 1 aromatic heterocycles. The molecule has 3 fully saturated rings. The van der Waals surface area contributed by atoms with Crippen molar-refractivity contribution in [2.75, 3.05) is 19.6 Å². The molecule has 0 unspecified atom stereocenters. The lowest BCUT2D eigenvalue weighted by atomic mass is 9.71. The van der Waals surface area contributed by atoms with Crippen LogP contribution in [-0.4, -0.2) is 34.6 Å². The van der Waals surface area contributed by atoms with E-state index in [1.54, 1.807) is 6.20 Å². The van der Waals surface area contributed by atoms with Crippen molar-refractivity contribution in [3.8, 4) is 11.1 Å². The van der Waals surface area contributed by atoms with E-state index in [-0.39, 0.29) is 0 Å². The van der Waals surface area contributed by atoms with E-state index in [0.717, 1.165) is 49.2 Å². The molecule has 3 heteroatoms. The van der Waals surface area contributed by atoms with Crippen LogP contribution >= 0.6 is 0 Å². The Bertz CT molecular complexity index is 617. The fourth-order valence-corrected chi connectivity index (χ4v) is 3.85. The average molecular weight is 280 g/mol. The number of rotatable bonds is 2. The first kappa shape index (κ1) is 13.0. The van der Waals surface area contributed by atoms with Crippen LogP contribution in [0.2, 0.25) is 0 Å². The molecule has 0 saturated carbocycles. The van der Waals surface area contributed by atoms with E-state index in [2.05, 4.69) is 40.2 Å². The number of aromatic nitrogens is 1. The van der Waals surface area contributed by atoms with Crippen LogP contribution in [0.3, 0.4) is 0 Å². The Morgan fingerprint density at radius 3 is 2.38 bits per heavy atom. The van der Waals surface area contributed by atoms with Gasteiger partial charge in [-0.05, 0) is 54.6 Å². The Balaban J connectivity index is 1.65. The largest absolute Gasteiger partial charge is 0.384 e. The highest BCUT2D eigenvalue weighted by Crippen LogP contribution is 2.42. The zero-order valence-electron chi connectivity index (χ0n) is 12.1. The zero-order valence-corrected chi connectivity index (χ0v) is 12.1. The molecule has 1 N–H and O–H groups in total. The summed E-state index contributed by atoms with van der Waals surface area (Å²) in [7, 11) is 0. The van der Waals surface area contributed by atoms with Gasteiger partial charge in [-0.25, -0.2) is 0 Å². The first-order valence-electron chi connectivity index (χ1n) is 7.71. The molecule has 0 spiro atoms. The molecule has 4 heterocycles. The fourth-order valence-electron chi connectivity index (χ4n) is 3.85. The number of pyridine rings is 1. The third-order valence-electron chi connectivity index (χ3n) is 5.11. The molecule has 0 aliphatic carbocycles. The predicted octanol–water partition coefficient (Wildman–Crippen LogP) is 2.66. The number of hydrogen-bond acceptors (Lipinski definition) is 3. The van der Waals surface area contributed by atoms with Crippen molar-refractivity contribution in [3.63, 3.8) is 0 Å². The lowest BCUT2D eigenvalue weighted by molar-refractivity contribution is -0.117. The Morgan fingerprint density at radius 1 is 1.05 bits per heavy atom. The maximum Gasteiger partial charge on any atom is 0.105 e. The van der Waals surface area contributed by atoms with Gasteiger partial charge in [0.15, 0.2) is 0 Å². The lowest BCUT2D eigenvalue weighted by Gasteiger charge is -2.50. The highest BCUT2D eigenvalue weighted by molar-refractivity contribution is 5.62. The van der Waals surface area contributed by atoms with Crippen molar-refractivity contribution in [3.05, 3.63) is 54.4 Å². The van der Waals surface area contributed by atoms with Gasteiger partial charge in [-0.15, -0.1) is 0 Å². The Kier molecular flexibility index (Phi) is 3.05. The minimum Gasteiger partial charge on any atom is -0.384 e. The Morgan fingerprint density at radius 2 is 1.81 bits per heavy atom. The zero-order chi connectivity index (χ0) is 14.3. The van der Waals surface area contributed by atoms with E-state index in [4.69, 9.17) is 0 Å². The molecule has 2 bridgehead atoms. The topological polar surface area (TPSA) is 36.4 Å². The minimum absolute atomic E-state index is 0.409. The molecule has 2 aromatic rings. The van der Waals surface area contributed by atoms with E-state index in [1.165, 1.54) is 0 Å². The van der Waals surface area contributed by atoms with Gasteiger partial charge in [-0.1, -0.05) is 30.3 Å². The molecule has 3 saturated heterocycles. The third-order valence-corrected chi connectivity index (χ3v) is 5.11. The molecule has 3 nitrogen and oxygen atoms in total. The summed E-state index contributed by atoms with van der Waals surface area (Å²) < 4.78 is 0. The molecule has 3 aliphatic heterocycles. The van der Waals surface area contributed by atoms with Gasteiger partial charge < -0.3 is 10.0 Å². The standard InChI is InChI=1S/C18H20N2O/c21-18(13-20-10-7-17(18)8-11-20)16-5-3-14(4-6-16)15-2-1-9-19-12-15/h1-6,9,12,17,21H,7-8,10-11,13H2/t18-/m1/s1. The van der Waals surface area contributed by atoms with Crippen LogP contribution in [-0.2, 0) is 5.60 Å². The van der Waals surface area contributed by atoms with Crippen LogP contribution in [0.15, 0.2) is 48.8 Å². The summed E-state index contributed by atoms with van der Waals surface area (Å²) in [6, 6.07) is 12.4. The molecule has 0 amide bonds. The molecular formula is C18H20N2O. The van der Waals surface area contributed by atoms with Gasteiger partial charge in [0.25, 0.3) is 0 Å². The molecule has 1 atom stereocenters. The summed E-state index contributed by atoms with van der Waals surface area (Å²) in [5, 5.41) is 11.1. The molecule has 108 valence electrons. The number of hydrogen-bond donors (Lipinski definition) is 1. The van der Waals surface area contributed by atoms with Crippen molar-refractivity contribution in [1.29, 1.82) is 0 Å².